The lowest BCUT2D eigenvalue weighted by Crippen LogP contribution is -2.41. The molecule has 3 aliphatic carbocycles. The topological polar surface area (TPSA) is 36.9 Å². The van der Waals surface area contributed by atoms with Crippen molar-refractivity contribution in [2.45, 2.75) is 116 Å². The van der Waals surface area contributed by atoms with Crippen LogP contribution in [0.4, 0.5) is 0 Å². The van der Waals surface area contributed by atoms with Gasteiger partial charge in [0.05, 0.1) is 22.4 Å². The molecule has 11 rings (SSSR count). The average molecular weight is 737 g/mol. The predicted molar refractivity (Wildman–Crippen MR) is 232 cm³/mol. The van der Waals surface area contributed by atoms with E-state index in [9.17, 15) is 0 Å². The van der Waals surface area contributed by atoms with Crippen LogP contribution in [-0.4, -0.2) is 36.6 Å². The first-order valence-corrected chi connectivity index (χ1v) is 20.4. The standard InChI is InChI=1S/C50H50B2O4/c1-45(2)39-23-33-31-17-13-15-27-19-30(52-55-49(9,10)50(11,12)56-52)22-38(43(27)31)36(33)26-42(39)46(3,4)40-24-34-32-18-14-16-28-20-29(51-53-47(5,6)48(7,8)54-51)21-37(44(28)32)35(34)25-41(40)45/h13-26H,1-12H3. The summed E-state index contributed by atoms with van der Waals surface area (Å²) in [7, 11) is -0.839. The quantitative estimate of drug-likeness (QED) is 0.166. The van der Waals surface area contributed by atoms with Crippen LogP contribution in [0.2, 0.25) is 0 Å². The van der Waals surface area contributed by atoms with Crippen LogP contribution in [0, 0.1) is 0 Å². The highest BCUT2D eigenvalue weighted by molar-refractivity contribution is 6.63. The molecule has 0 spiro atoms. The van der Waals surface area contributed by atoms with Gasteiger partial charge in [0.1, 0.15) is 0 Å². The van der Waals surface area contributed by atoms with Crippen LogP contribution >= 0.6 is 0 Å². The lowest BCUT2D eigenvalue weighted by molar-refractivity contribution is 0.00578. The largest absolute Gasteiger partial charge is 0.494 e. The van der Waals surface area contributed by atoms with Crippen molar-refractivity contribution in [2.75, 3.05) is 0 Å². The highest BCUT2D eigenvalue weighted by Gasteiger charge is 2.53. The summed E-state index contributed by atoms with van der Waals surface area (Å²) >= 11 is 0. The molecule has 6 aromatic rings. The molecular formula is C50H50B2O4. The van der Waals surface area contributed by atoms with Gasteiger partial charge >= 0.3 is 14.2 Å². The normalized spacial score (nSPS) is 21.7. The van der Waals surface area contributed by atoms with E-state index in [0.29, 0.717) is 0 Å². The first kappa shape index (κ1) is 35.0. The number of fused-ring (bicyclic) bond motifs is 8. The zero-order valence-electron chi connectivity index (χ0n) is 34.9. The van der Waals surface area contributed by atoms with E-state index >= 15 is 0 Å². The number of hydrogen-bond donors (Lipinski definition) is 0. The second kappa shape index (κ2) is 10.5. The number of hydrogen-bond acceptors (Lipinski definition) is 4. The van der Waals surface area contributed by atoms with Crippen LogP contribution in [0.1, 0.15) is 105 Å². The van der Waals surface area contributed by atoms with Gasteiger partial charge in [-0.25, -0.2) is 0 Å². The van der Waals surface area contributed by atoms with Crippen LogP contribution in [-0.2, 0) is 29.4 Å². The van der Waals surface area contributed by atoms with E-state index < -0.39 is 36.6 Å². The van der Waals surface area contributed by atoms with E-state index in [1.54, 1.807) is 0 Å². The molecule has 2 heterocycles. The Bertz CT molecular complexity index is 2560. The fraction of sp³-hybridized carbons (Fsp3) is 0.360. The molecule has 0 aromatic heterocycles. The van der Waals surface area contributed by atoms with E-state index in [1.807, 2.05) is 0 Å². The van der Waals surface area contributed by atoms with Gasteiger partial charge in [-0.1, -0.05) is 88.4 Å². The Hall–Kier alpha value is -4.19. The van der Waals surface area contributed by atoms with Gasteiger partial charge in [0, 0.05) is 10.8 Å². The molecule has 0 N–H and O–H groups in total. The van der Waals surface area contributed by atoms with Gasteiger partial charge in [-0.05, 0) is 179 Å². The van der Waals surface area contributed by atoms with Crippen LogP contribution in [0.25, 0.3) is 66.1 Å². The van der Waals surface area contributed by atoms with Gasteiger partial charge in [0.15, 0.2) is 0 Å². The van der Waals surface area contributed by atoms with Gasteiger partial charge in [-0.3, -0.25) is 0 Å². The minimum atomic E-state index is -0.420. The van der Waals surface area contributed by atoms with E-state index in [-0.39, 0.29) is 10.8 Å². The summed E-state index contributed by atoms with van der Waals surface area (Å²) in [4.78, 5) is 0. The molecule has 0 amide bonds. The Morgan fingerprint density at radius 3 is 0.964 bits per heavy atom. The van der Waals surface area contributed by atoms with E-state index in [0.717, 1.165) is 10.9 Å². The van der Waals surface area contributed by atoms with Gasteiger partial charge < -0.3 is 18.6 Å². The van der Waals surface area contributed by atoms with Crippen molar-refractivity contribution in [2.24, 2.45) is 0 Å². The Morgan fingerprint density at radius 2 is 0.643 bits per heavy atom. The van der Waals surface area contributed by atoms with Crippen LogP contribution in [0.5, 0.6) is 0 Å². The van der Waals surface area contributed by atoms with Crippen molar-refractivity contribution in [1.29, 1.82) is 0 Å². The van der Waals surface area contributed by atoms with Gasteiger partial charge in [-0.2, -0.15) is 0 Å². The zero-order chi connectivity index (χ0) is 39.3. The van der Waals surface area contributed by atoms with Crippen molar-refractivity contribution in [3.05, 3.63) is 107 Å². The van der Waals surface area contributed by atoms with Crippen molar-refractivity contribution < 1.29 is 18.6 Å². The number of benzene rings is 6. The van der Waals surface area contributed by atoms with Crippen molar-refractivity contribution in [1.82, 2.24) is 0 Å². The molecule has 0 radical (unpaired) electrons. The van der Waals surface area contributed by atoms with Crippen LogP contribution in [0.3, 0.4) is 0 Å². The summed E-state index contributed by atoms with van der Waals surface area (Å²) < 4.78 is 26.4. The molecule has 280 valence electrons. The maximum absolute atomic E-state index is 6.59. The molecule has 2 saturated heterocycles. The molecule has 4 nitrogen and oxygen atoms in total. The van der Waals surface area contributed by atoms with Crippen LogP contribution < -0.4 is 10.9 Å². The maximum atomic E-state index is 6.59. The van der Waals surface area contributed by atoms with E-state index in [1.165, 1.54) is 88.3 Å². The minimum Gasteiger partial charge on any atom is -0.399 e. The predicted octanol–water partition coefficient (Wildman–Crippen LogP) is 10.9. The molecule has 0 atom stereocenters. The van der Waals surface area contributed by atoms with E-state index in [4.69, 9.17) is 18.6 Å². The third-order valence-electron chi connectivity index (χ3n) is 15.2. The third kappa shape index (κ3) is 4.32. The Balaban J connectivity index is 1.07. The summed E-state index contributed by atoms with van der Waals surface area (Å²) in [6.07, 6.45) is 0. The molecule has 6 aromatic carbocycles. The molecule has 56 heavy (non-hydrogen) atoms. The zero-order valence-corrected chi connectivity index (χ0v) is 34.9. The molecular weight excluding hydrogens is 686 g/mol. The molecule has 6 heteroatoms. The summed E-state index contributed by atoms with van der Waals surface area (Å²) in [5.41, 5.74) is 16.0. The van der Waals surface area contributed by atoms with Crippen molar-refractivity contribution in [3.63, 3.8) is 0 Å². The lowest BCUT2D eigenvalue weighted by atomic mass is 9.59. The molecule has 2 fully saturated rings. The first-order chi connectivity index (χ1) is 26.2. The molecule has 0 unspecified atom stereocenters. The van der Waals surface area contributed by atoms with Crippen molar-refractivity contribution >= 4 is 46.7 Å². The summed E-state index contributed by atoms with van der Waals surface area (Å²) in [5, 5.41) is 5.09. The Morgan fingerprint density at radius 1 is 0.339 bits per heavy atom. The average Bonchev–Trinajstić information content (AvgIpc) is 3.77. The Labute approximate surface area is 332 Å². The molecule has 0 bridgehead atoms. The van der Waals surface area contributed by atoms with Crippen molar-refractivity contribution in [3.8, 4) is 44.5 Å². The molecule has 2 aliphatic heterocycles. The second-order valence-corrected chi connectivity index (χ2v) is 20.3. The summed E-state index contributed by atoms with van der Waals surface area (Å²) in [6.45, 7) is 26.7. The van der Waals surface area contributed by atoms with Gasteiger partial charge in [-0.15, -0.1) is 0 Å². The third-order valence-corrected chi connectivity index (χ3v) is 15.2. The maximum Gasteiger partial charge on any atom is 0.494 e. The second-order valence-electron chi connectivity index (χ2n) is 20.3. The fourth-order valence-electron chi connectivity index (χ4n) is 10.5. The lowest BCUT2D eigenvalue weighted by Gasteiger charge is -2.44. The monoisotopic (exact) mass is 736 g/mol. The number of rotatable bonds is 2. The SMILES string of the molecule is CC1(C)c2cc3c(cc2C(C)(C)c2cc4c(cc21)-c1cc(B2OC(C)(C)C(C)(C)O2)cc2cccc-4c12)-c1cc(B2OC(C)(C)C(C)(C)O2)cc2cccc-3c12. The smallest absolute Gasteiger partial charge is 0.399 e. The minimum absolute atomic E-state index is 0.238. The Kier molecular flexibility index (Phi) is 6.54. The first-order valence-electron chi connectivity index (χ1n) is 20.4. The summed E-state index contributed by atoms with van der Waals surface area (Å²) in [5.74, 6) is 0. The highest BCUT2D eigenvalue weighted by atomic mass is 16.7. The highest BCUT2D eigenvalue weighted by Crippen LogP contribution is 2.58. The molecule has 0 saturated carbocycles. The van der Waals surface area contributed by atoms with Gasteiger partial charge in [0.25, 0.3) is 0 Å². The fourth-order valence-corrected chi connectivity index (χ4v) is 10.5. The summed E-state index contributed by atoms with van der Waals surface area (Å²) in [6, 6.07) is 32.8. The van der Waals surface area contributed by atoms with Crippen LogP contribution in [0.15, 0.2) is 84.9 Å². The van der Waals surface area contributed by atoms with Gasteiger partial charge in [0.2, 0.25) is 0 Å². The van der Waals surface area contributed by atoms with E-state index in [2.05, 4.69) is 168 Å². The molecule has 5 aliphatic rings.